The molecule has 1 aliphatic heterocycles. The largest absolute Gasteiger partial charge is 0.394 e. The van der Waals surface area contributed by atoms with Crippen molar-refractivity contribution in [1.29, 1.82) is 0 Å². The Morgan fingerprint density at radius 1 is 1.15 bits per heavy atom. The Hall–Kier alpha value is -3.25. The van der Waals surface area contributed by atoms with Crippen LogP contribution in [0.5, 0.6) is 0 Å². The van der Waals surface area contributed by atoms with Crippen LogP contribution in [0.15, 0.2) is 65.9 Å². The van der Waals surface area contributed by atoms with Gasteiger partial charge in [0.15, 0.2) is 5.82 Å². The van der Waals surface area contributed by atoms with Crippen LogP contribution in [0.4, 0.5) is 11.5 Å². The van der Waals surface area contributed by atoms with E-state index in [0.29, 0.717) is 18.1 Å². The lowest BCUT2D eigenvalue weighted by molar-refractivity contribution is -0.553. The van der Waals surface area contributed by atoms with E-state index in [2.05, 4.69) is 34.8 Å². The van der Waals surface area contributed by atoms with E-state index in [1.165, 1.54) is 0 Å². The summed E-state index contributed by atoms with van der Waals surface area (Å²) in [6.45, 7) is 2.43. The first kappa shape index (κ1) is 16.2. The molecule has 0 saturated carbocycles. The number of hydrogen-bond acceptors (Lipinski definition) is 4. The maximum atomic E-state index is 9.13. The van der Waals surface area contributed by atoms with Gasteiger partial charge in [-0.3, -0.25) is 0 Å². The number of nitrogens with two attached hydrogens (primary N) is 1. The smallest absolute Gasteiger partial charge is 0.337 e. The van der Waals surface area contributed by atoms with E-state index in [0.717, 1.165) is 28.2 Å². The third kappa shape index (κ3) is 2.60. The molecule has 130 valence electrons. The average Bonchev–Trinajstić information content (AvgIpc) is 3.16. The number of aliphatic imine (C=N–C) groups is 1. The molecular formula is C20H20N5O+. The molecule has 0 amide bonds. The summed E-state index contributed by atoms with van der Waals surface area (Å²) in [6.07, 6.45) is 3.64. The summed E-state index contributed by atoms with van der Waals surface area (Å²) in [7, 11) is 0. The van der Waals surface area contributed by atoms with Crippen LogP contribution in [0.25, 0.3) is 11.1 Å². The molecule has 1 aliphatic rings. The van der Waals surface area contributed by atoms with Gasteiger partial charge in [0, 0.05) is 5.57 Å². The van der Waals surface area contributed by atoms with Crippen LogP contribution in [0, 0.1) is 0 Å². The fraction of sp³-hybridized carbons (Fsp3) is 0.150. The highest BCUT2D eigenvalue weighted by Crippen LogP contribution is 2.32. The second kappa shape index (κ2) is 6.57. The molecule has 0 spiro atoms. The first-order chi connectivity index (χ1) is 12.7. The van der Waals surface area contributed by atoms with Crippen molar-refractivity contribution >= 4 is 28.5 Å². The standard InChI is InChI=1S/C20H19N5O/c1-14-17-9-5-6-10-24(17)20(18(14)15-7-3-2-4-8-15)23-16-13-22-25(11-12-26)19(16)21/h2-10,13,21,26H,11-12H2,1H3/p+1. The zero-order chi connectivity index (χ0) is 18.1. The van der Waals surface area contributed by atoms with E-state index >= 15 is 0 Å². The minimum Gasteiger partial charge on any atom is -0.394 e. The maximum Gasteiger partial charge on any atom is 0.337 e. The molecule has 6 heteroatoms. The summed E-state index contributed by atoms with van der Waals surface area (Å²) in [5.41, 5.74) is 11.2. The summed E-state index contributed by atoms with van der Waals surface area (Å²) in [5, 5.41) is 13.3. The normalized spacial score (nSPS) is 14.9. The van der Waals surface area contributed by atoms with E-state index in [1.807, 2.05) is 36.5 Å². The number of nitrogen functional groups attached to an aromatic ring is 1. The van der Waals surface area contributed by atoms with E-state index in [9.17, 15) is 0 Å². The van der Waals surface area contributed by atoms with Gasteiger partial charge in [-0.25, -0.2) is 4.68 Å². The van der Waals surface area contributed by atoms with E-state index in [-0.39, 0.29) is 6.61 Å². The SMILES string of the molecule is CC1=C(c2ccccc2)C(=Nc2cnn(CCO)c2N)[n+]2ccccc21. The Morgan fingerprint density at radius 2 is 1.92 bits per heavy atom. The molecule has 6 nitrogen and oxygen atoms in total. The molecule has 2 aromatic heterocycles. The van der Waals surface area contributed by atoms with Gasteiger partial charge in [-0.05, 0) is 29.6 Å². The number of benzene rings is 1. The molecule has 3 heterocycles. The van der Waals surface area contributed by atoms with E-state index < -0.39 is 0 Å². The van der Waals surface area contributed by atoms with Gasteiger partial charge in [0.25, 0.3) is 0 Å². The number of anilines is 1. The van der Waals surface area contributed by atoms with Gasteiger partial charge in [0.05, 0.1) is 24.9 Å². The zero-order valence-corrected chi connectivity index (χ0v) is 14.5. The fourth-order valence-electron chi connectivity index (χ4n) is 3.27. The number of fused-ring (bicyclic) bond motifs is 1. The Morgan fingerprint density at radius 3 is 2.69 bits per heavy atom. The van der Waals surface area contributed by atoms with E-state index in [1.54, 1.807) is 10.9 Å². The van der Waals surface area contributed by atoms with Gasteiger partial charge in [0.1, 0.15) is 11.9 Å². The molecule has 0 atom stereocenters. The number of aliphatic hydroxyl groups is 1. The number of allylic oxidation sites excluding steroid dienone is 2. The Bertz CT molecular complexity index is 1020. The average molecular weight is 346 g/mol. The van der Waals surface area contributed by atoms with Gasteiger partial charge in [-0.2, -0.15) is 9.67 Å². The molecule has 3 aromatic rings. The minimum atomic E-state index is -0.0201. The second-order valence-corrected chi connectivity index (χ2v) is 6.12. The fourth-order valence-corrected chi connectivity index (χ4v) is 3.27. The lowest BCUT2D eigenvalue weighted by Gasteiger charge is -2.01. The monoisotopic (exact) mass is 346 g/mol. The van der Waals surface area contributed by atoms with Crippen molar-refractivity contribution in [2.24, 2.45) is 4.99 Å². The lowest BCUT2D eigenvalue weighted by Crippen LogP contribution is -2.42. The summed E-state index contributed by atoms with van der Waals surface area (Å²) in [5.74, 6) is 1.26. The Labute approximate surface area is 151 Å². The van der Waals surface area contributed by atoms with Crippen LogP contribution in [0.2, 0.25) is 0 Å². The molecule has 3 N–H and O–H groups in total. The molecule has 0 saturated heterocycles. The quantitative estimate of drug-likeness (QED) is 0.711. The number of aliphatic hydroxyl groups excluding tert-OH is 1. The predicted molar refractivity (Wildman–Crippen MR) is 102 cm³/mol. The molecule has 4 rings (SSSR count). The van der Waals surface area contributed by atoms with Gasteiger partial charge in [-0.1, -0.05) is 36.4 Å². The van der Waals surface area contributed by atoms with Crippen molar-refractivity contribution in [3.8, 4) is 0 Å². The lowest BCUT2D eigenvalue weighted by atomic mass is 10.0. The molecule has 0 aliphatic carbocycles. The highest BCUT2D eigenvalue weighted by atomic mass is 16.3. The highest BCUT2D eigenvalue weighted by Gasteiger charge is 2.34. The van der Waals surface area contributed by atoms with Crippen LogP contribution < -0.4 is 10.3 Å². The molecule has 0 unspecified atom stereocenters. The third-order valence-corrected chi connectivity index (χ3v) is 4.53. The number of rotatable bonds is 4. The number of aromatic nitrogens is 3. The van der Waals surface area contributed by atoms with Crippen LogP contribution in [0.1, 0.15) is 18.2 Å². The Balaban J connectivity index is 1.90. The summed E-state index contributed by atoms with van der Waals surface area (Å²) in [6, 6.07) is 16.3. The summed E-state index contributed by atoms with van der Waals surface area (Å²) < 4.78 is 3.63. The molecule has 0 radical (unpaired) electrons. The summed E-state index contributed by atoms with van der Waals surface area (Å²) in [4.78, 5) is 4.84. The number of hydrogen-bond donors (Lipinski definition) is 2. The predicted octanol–water partition coefficient (Wildman–Crippen LogP) is 2.27. The van der Waals surface area contributed by atoms with Crippen molar-refractivity contribution in [3.63, 3.8) is 0 Å². The van der Waals surface area contributed by atoms with Crippen molar-refractivity contribution in [2.75, 3.05) is 12.3 Å². The highest BCUT2D eigenvalue weighted by molar-refractivity contribution is 6.28. The van der Waals surface area contributed by atoms with Crippen LogP contribution in [0.3, 0.4) is 0 Å². The van der Waals surface area contributed by atoms with Gasteiger partial charge >= 0.3 is 5.84 Å². The first-order valence-corrected chi connectivity index (χ1v) is 8.49. The summed E-state index contributed by atoms with van der Waals surface area (Å²) >= 11 is 0. The minimum absolute atomic E-state index is 0.0201. The Kier molecular flexibility index (Phi) is 4.10. The second-order valence-electron chi connectivity index (χ2n) is 6.12. The van der Waals surface area contributed by atoms with Crippen molar-refractivity contribution in [1.82, 2.24) is 9.78 Å². The topological polar surface area (TPSA) is 80.3 Å². The first-order valence-electron chi connectivity index (χ1n) is 8.49. The molecule has 0 fully saturated rings. The molecule has 0 bridgehead atoms. The zero-order valence-electron chi connectivity index (χ0n) is 14.5. The maximum absolute atomic E-state index is 9.13. The van der Waals surface area contributed by atoms with Crippen LogP contribution in [-0.4, -0.2) is 27.3 Å². The van der Waals surface area contributed by atoms with E-state index in [4.69, 9.17) is 15.8 Å². The van der Waals surface area contributed by atoms with Crippen LogP contribution in [-0.2, 0) is 6.54 Å². The van der Waals surface area contributed by atoms with Crippen LogP contribution >= 0.6 is 0 Å². The molecular weight excluding hydrogens is 326 g/mol. The van der Waals surface area contributed by atoms with Gasteiger partial charge < -0.3 is 10.8 Å². The molecule has 1 aromatic carbocycles. The third-order valence-electron chi connectivity index (χ3n) is 4.53. The number of pyridine rings is 1. The number of nitrogens with zero attached hydrogens (tertiary/aromatic N) is 4. The van der Waals surface area contributed by atoms with Gasteiger partial charge in [-0.15, -0.1) is 0 Å². The van der Waals surface area contributed by atoms with Gasteiger partial charge in [0.2, 0.25) is 5.69 Å². The van der Waals surface area contributed by atoms with Crippen molar-refractivity contribution in [2.45, 2.75) is 13.5 Å². The van der Waals surface area contributed by atoms with Crippen molar-refractivity contribution < 1.29 is 9.67 Å². The van der Waals surface area contributed by atoms with Crippen molar-refractivity contribution in [3.05, 3.63) is 72.2 Å². The molecule has 26 heavy (non-hydrogen) atoms.